The van der Waals surface area contributed by atoms with Crippen LogP contribution in [0, 0.1) is 0 Å². The van der Waals surface area contributed by atoms with Crippen LogP contribution in [0.25, 0.3) is 16.9 Å². The maximum absolute atomic E-state index is 5.80. The Hall–Kier alpha value is -2.73. The van der Waals surface area contributed by atoms with Crippen molar-refractivity contribution in [3.63, 3.8) is 0 Å². The number of hydrogen-bond donors (Lipinski definition) is 1. The summed E-state index contributed by atoms with van der Waals surface area (Å²) in [5, 5.41) is 4.34. The highest BCUT2D eigenvalue weighted by molar-refractivity contribution is 5.61. The number of anilines is 1. The van der Waals surface area contributed by atoms with Gasteiger partial charge in [-0.15, -0.1) is 0 Å². The summed E-state index contributed by atoms with van der Waals surface area (Å²) in [5.41, 5.74) is 7.91. The Kier molecular flexibility index (Phi) is 3.61. The van der Waals surface area contributed by atoms with E-state index in [1.807, 2.05) is 36.5 Å². The van der Waals surface area contributed by atoms with Crippen molar-refractivity contribution in [2.75, 3.05) is 12.8 Å². The van der Waals surface area contributed by atoms with Crippen molar-refractivity contribution in [3.8, 4) is 16.9 Å². The van der Waals surface area contributed by atoms with Gasteiger partial charge in [0.25, 0.3) is 0 Å². The molecule has 0 saturated heterocycles. The SMILES string of the molecule is COCc1nc(N)cc(-n2cc(-c3ccccc3)cn2)n1. The smallest absolute Gasteiger partial charge is 0.159 e. The first kappa shape index (κ1) is 13.3. The van der Waals surface area contributed by atoms with Crippen LogP contribution in [0.2, 0.25) is 0 Å². The van der Waals surface area contributed by atoms with Gasteiger partial charge >= 0.3 is 0 Å². The largest absolute Gasteiger partial charge is 0.384 e. The predicted molar refractivity (Wildman–Crippen MR) is 79.7 cm³/mol. The van der Waals surface area contributed by atoms with Crippen molar-refractivity contribution in [1.29, 1.82) is 0 Å². The highest BCUT2D eigenvalue weighted by atomic mass is 16.5. The zero-order valence-corrected chi connectivity index (χ0v) is 11.6. The van der Waals surface area contributed by atoms with Crippen molar-refractivity contribution in [1.82, 2.24) is 19.7 Å². The number of rotatable bonds is 4. The van der Waals surface area contributed by atoms with Crippen LogP contribution in [0.3, 0.4) is 0 Å². The Morgan fingerprint density at radius 3 is 2.71 bits per heavy atom. The van der Waals surface area contributed by atoms with Gasteiger partial charge in [-0.3, -0.25) is 0 Å². The monoisotopic (exact) mass is 281 g/mol. The van der Waals surface area contributed by atoms with E-state index in [0.717, 1.165) is 11.1 Å². The van der Waals surface area contributed by atoms with Crippen LogP contribution in [0.4, 0.5) is 5.82 Å². The summed E-state index contributed by atoms with van der Waals surface area (Å²) in [6.45, 7) is 0.310. The van der Waals surface area contributed by atoms with Crippen LogP contribution in [-0.4, -0.2) is 26.9 Å². The molecule has 3 aromatic rings. The van der Waals surface area contributed by atoms with Gasteiger partial charge in [0, 0.05) is 24.9 Å². The summed E-state index contributed by atoms with van der Waals surface area (Å²) in [6, 6.07) is 11.7. The van der Waals surface area contributed by atoms with Crippen molar-refractivity contribution >= 4 is 5.82 Å². The molecule has 6 heteroatoms. The van der Waals surface area contributed by atoms with Crippen molar-refractivity contribution < 1.29 is 4.74 Å². The summed E-state index contributed by atoms with van der Waals surface area (Å²) < 4.78 is 6.72. The lowest BCUT2D eigenvalue weighted by Gasteiger charge is -2.05. The lowest BCUT2D eigenvalue weighted by molar-refractivity contribution is 0.178. The van der Waals surface area contributed by atoms with Gasteiger partial charge in [0.1, 0.15) is 12.4 Å². The molecular formula is C15H15N5O. The fourth-order valence-corrected chi connectivity index (χ4v) is 2.04. The lowest BCUT2D eigenvalue weighted by Crippen LogP contribution is -2.06. The average molecular weight is 281 g/mol. The van der Waals surface area contributed by atoms with Crippen LogP contribution >= 0.6 is 0 Å². The third-order valence-corrected chi connectivity index (χ3v) is 2.98. The van der Waals surface area contributed by atoms with Gasteiger partial charge in [0.2, 0.25) is 0 Å². The van der Waals surface area contributed by atoms with E-state index in [0.29, 0.717) is 24.1 Å². The minimum Gasteiger partial charge on any atom is -0.384 e. The molecule has 0 radical (unpaired) electrons. The third-order valence-electron chi connectivity index (χ3n) is 2.98. The first-order valence-electron chi connectivity index (χ1n) is 6.49. The standard InChI is InChI=1S/C15H15N5O/c1-21-10-14-18-13(16)7-15(19-14)20-9-12(8-17-20)11-5-3-2-4-6-11/h2-9H,10H2,1H3,(H2,16,18,19). The van der Waals surface area contributed by atoms with E-state index in [1.165, 1.54) is 0 Å². The molecule has 0 spiro atoms. The molecule has 0 saturated carbocycles. The van der Waals surface area contributed by atoms with E-state index in [2.05, 4.69) is 15.1 Å². The van der Waals surface area contributed by atoms with E-state index in [1.54, 1.807) is 24.1 Å². The number of aromatic nitrogens is 4. The number of nitrogens with two attached hydrogens (primary N) is 1. The minimum atomic E-state index is 0.310. The van der Waals surface area contributed by atoms with Crippen LogP contribution in [0.15, 0.2) is 48.8 Å². The van der Waals surface area contributed by atoms with Crippen LogP contribution in [0.5, 0.6) is 0 Å². The molecule has 0 unspecified atom stereocenters. The molecule has 0 aliphatic carbocycles. The molecule has 2 heterocycles. The number of benzene rings is 1. The third kappa shape index (κ3) is 2.90. The molecule has 6 nitrogen and oxygen atoms in total. The van der Waals surface area contributed by atoms with Gasteiger partial charge in [-0.25, -0.2) is 14.6 Å². The van der Waals surface area contributed by atoms with Crippen LogP contribution in [0.1, 0.15) is 5.82 Å². The molecule has 106 valence electrons. The van der Waals surface area contributed by atoms with Crippen LogP contribution in [-0.2, 0) is 11.3 Å². The van der Waals surface area contributed by atoms with Gasteiger partial charge in [-0.2, -0.15) is 5.10 Å². The molecule has 0 bridgehead atoms. The van der Waals surface area contributed by atoms with Gasteiger partial charge in [-0.05, 0) is 5.56 Å². The molecule has 2 aromatic heterocycles. The van der Waals surface area contributed by atoms with E-state index >= 15 is 0 Å². The quantitative estimate of drug-likeness (QED) is 0.792. The maximum Gasteiger partial charge on any atom is 0.159 e. The summed E-state index contributed by atoms with van der Waals surface area (Å²) in [6.07, 6.45) is 3.71. The average Bonchev–Trinajstić information content (AvgIpc) is 2.98. The fourth-order valence-electron chi connectivity index (χ4n) is 2.04. The van der Waals surface area contributed by atoms with Gasteiger partial charge in [-0.1, -0.05) is 30.3 Å². The highest BCUT2D eigenvalue weighted by Gasteiger charge is 2.07. The number of nitrogens with zero attached hydrogens (tertiary/aromatic N) is 4. The normalized spacial score (nSPS) is 10.7. The van der Waals surface area contributed by atoms with Crippen molar-refractivity contribution in [3.05, 3.63) is 54.6 Å². The molecule has 2 N–H and O–H groups in total. The Bertz CT molecular complexity index is 739. The van der Waals surface area contributed by atoms with Gasteiger partial charge in [0.15, 0.2) is 11.6 Å². The van der Waals surface area contributed by atoms with Gasteiger partial charge in [0.05, 0.1) is 6.20 Å². The fraction of sp³-hybridized carbons (Fsp3) is 0.133. The van der Waals surface area contributed by atoms with E-state index in [-0.39, 0.29) is 0 Å². The molecule has 0 atom stereocenters. The van der Waals surface area contributed by atoms with Gasteiger partial charge < -0.3 is 10.5 Å². The summed E-state index contributed by atoms with van der Waals surface area (Å²) in [4.78, 5) is 8.50. The molecule has 3 rings (SSSR count). The summed E-state index contributed by atoms with van der Waals surface area (Å²) in [5.74, 6) is 1.55. The highest BCUT2D eigenvalue weighted by Crippen LogP contribution is 2.19. The second kappa shape index (κ2) is 5.72. The molecule has 21 heavy (non-hydrogen) atoms. The lowest BCUT2D eigenvalue weighted by atomic mass is 10.1. The topological polar surface area (TPSA) is 78.9 Å². The number of ether oxygens (including phenoxy) is 1. The maximum atomic E-state index is 5.80. The zero-order chi connectivity index (χ0) is 14.7. The van der Waals surface area contributed by atoms with E-state index in [9.17, 15) is 0 Å². The molecule has 1 aromatic carbocycles. The molecule has 0 aliphatic rings. The summed E-state index contributed by atoms with van der Waals surface area (Å²) in [7, 11) is 1.59. The van der Waals surface area contributed by atoms with Crippen LogP contribution < -0.4 is 5.73 Å². The Morgan fingerprint density at radius 2 is 1.95 bits per heavy atom. The number of hydrogen-bond acceptors (Lipinski definition) is 5. The minimum absolute atomic E-state index is 0.310. The zero-order valence-electron chi connectivity index (χ0n) is 11.6. The van der Waals surface area contributed by atoms with Crippen molar-refractivity contribution in [2.45, 2.75) is 6.61 Å². The first-order valence-corrected chi connectivity index (χ1v) is 6.49. The van der Waals surface area contributed by atoms with Crippen molar-refractivity contribution in [2.24, 2.45) is 0 Å². The molecular weight excluding hydrogens is 266 g/mol. The second-order valence-corrected chi connectivity index (χ2v) is 4.54. The Labute approximate surface area is 122 Å². The summed E-state index contributed by atoms with van der Waals surface area (Å²) >= 11 is 0. The van der Waals surface area contributed by atoms with E-state index in [4.69, 9.17) is 10.5 Å². The van der Waals surface area contributed by atoms with E-state index < -0.39 is 0 Å². The first-order chi connectivity index (χ1) is 10.3. The number of nitrogen functional groups attached to an aromatic ring is 1. The Morgan fingerprint density at radius 1 is 1.14 bits per heavy atom. The Balaban J connectivity index is 1.96. The molecule has 0 fully saturated rings. The molecule has 0 aliphatic heterocycles. The number of methoxy groups -OCH3 is 1. The predicted octanol–water partition coefficient (Wildman–Crippen LogP) is 2.06. The second-order valence-electron chi connectivity index (χ2n) is 4.54. The molecule has 0 amide bonds.